The quantitative estimate of drug-likeness (QED) is 0.852. The molecule has 1 N–H and O–H groups in total. The Morgan fingerprint density at radius 2 is 1.91 bits per heavy atom. The summed E-state index contributed by atoms with van der Waals surface area (Å²) in [4.78, 5) is 0. The lowest BCUT2D eigenvalue weighted by atomic mass is 9.52. The summed E-state index contributed by atoms with van der Waals surface area (Å²) >= 11 is 0. The number of aryl methyl sites for hydroxylation is 1. The lowest BCUT2D eigenvalue weighted by Crippen LogP contribution is -2.50. The standard InChI is InChI=1S/C21H26O2/c1-19-8-7-15-14-5-4-13(23-2)9-12(14)3-6-16(15)21(19)17-10-20(19,22)11-18(17)21/h4-5,9,15-18,22H,3,6-8,10-11H2,1-2H3/t15-,16+,17-,18?,19-,20?,21?/m1/s1. The number of rotatable bonds is 1. The second kappa shape index (κ2) is 3.64. The molecule has 1 aromatic carbocycles. The van der Waals surface area contributed by atoms with Crippen LogP contribution in [-0.2, 0) is 6.42 Å². The van der Waals surface area contributed by atoms with Crippen LogP contribution in [0.5, 0.6) is 5.75 Å². The third kappa shape index (κ3) is 1.15. The molecule has 6 aliphatic carbocycles. The molecular weight excluding hydrogens is 284 g/mol. The molecule has 0 saturated heterocycles. The van der Waals surface area contributed by atoms with Crippen LogP contribution in [0.2, 0.25) is 0 Å². The number of methoxy groups -OCH3 is 1. The Balaban J connectivity index is 1.46. The van der Waals surface area contributed by atoms with Crippen molar-refractivity contribution in [3.05, 3.63) is 29.3 Å². The first-order valence-corrected chi connectivity index (χ1v) is 9.44. The number of hydrogen-bond acceptors (Lipinski definition) is 2. The van der Waals surface area contributed by atoms with Gasteiger partial charge < -0.3 is 9.84 Å². The summed E-state index contributed by atoms with van der Waals surface area (Å²) < 4.78 is 5.43. The van der Waals surface area contributed by atoms with Crippen LogP contribution < -0.4 is 4.74 Å². The highest BCUT2D eigenvalue weighted by Gasteiger charge is 2.91. The van der Waals surface area contributed by atoms with Crippen LogP contribution in [0.3, 0.4) is 0 Å². The fourth-order valence-corrected chi connectivity index (χ4v) is 8.47. The van der Waals surface area contributed by atoms with Gasteiger partial charge in [0, 0.05) is 5.41 Å². The van der Waals surface area contributed by atoms with E-state index in [9.17, 15) is 5.11 Å². The van der Waals surface area contributed by atoms with Crippen molar-refractivity contribution >= 4 is 0 Å². The molecule has 0 amide bonds. The molecular formula is C21H26O2. The first kappa shape index (κ1) is 13.3. The van der Waals surface area contributed by atoms with Gasteiger partial charge in [-0.25, -0.2) is 0 Å². The highest BCUT2D eigenvalue weighted by molar-refractivity contribution is 5.46. The molecule has 23 heavy (non-hydrogen) atoms. The van der Waals surface area contributed by atoms with Crippen molar-refractivity contribution in [3.8, 4) is 5.75 Å². The zero-order valence-electron chi connectivity index (χ0n) is 14.1. The lowest BCUT2D eigenvalue weighted by molar-refractivity contribution is -0.0929. The molecule has 0 radical (unpaired) electrons. The Labute approximate surface area is 138 Å². The molecule has 2 heteroatoms. The molecule has 122 valence electrons. The van der Waals surface area contributed by atoms with Crippen molar-refractivity contribution in [2.24, 2.45) is 28.6 Å². The molecule has 3 unspecified atom stereocenters. The Hall–Kier alpha value is -1.02. The molecule has 5 saturated carbocycles. The van der Waals surface area contributed by atoms with E-state index < -0.39 is 0 Å². The maximum Gasteiger partial charge on any atom is 0.119 e. The van der Waals surface area contributed by atoms with Gasteiger partial charge in [-0.15, -0.1) is 0 Å². The van der Waals surface area contributed by atoms with Crippen LogP contribution >= 0.6 is 0 Å². The summed E-state index contributed by atoms with van der Waals surface area (Å²) in [6, 6.07) is 6.76. The predicted octanol–water partition coefficient (Wildman–Crippen LogP) is 3.91. The van der Waals surface area contributed by atoms with Crippen molar-refractivity contribution < 1.29 is 9.84 Å². The predicted molar refractivity (Wildman–Crippen MR) is 88.5 cm³/mol. The summed E-state index contributed by atoms with van der Waals surface area (Å²) in [5.41, 5.74) is 3.49. The molecule has 0 aliphatic heterocycles. The normalized spacial score (nSPS) is 54.2. The van der Waals surface area contributed by atoms with Gasteiger partial charge in [0.05, 0.1) is 12.7 Å². The highest BCUT2D eigenvalue weighted by Crippen LogP contribution is 2.93. The second-order valence-electron chi connectivity index (χ2n) is 9.27. The van der Waals surface area contributed by atoms with E-state index in [2.05, 4.69) is 25.1 Å². The summed E-state index contributed by atoms with van der Waals surface area (Å²) in [5.74, 6) is 4.22. The van der Waals surface area contributed by atoms with Crippen molar-refractivity contribution in [1.29, 1.82) is 0 Å². The minimum absolute atomic E-state index is 0.209. The first-order chi connectivity index (χ1) is 11.0. The zero-order valence-corrected chi connectivity index (χ0v) is 14.1. The second-order valence-corrected chi connectivity index (χ2v) is 9.27. The third-order valence-electron chi connectivity index (χ3n) is 9.23. The SMILES string of the molecule is COc1ccc2c(c1)CC[C@H]1[C@@H]2CC[C@]2(C)C3(O)CC4[C@@H](C3)C412. The van der Waals surface area contributed by atoms with E-state index in [1.807, 2.05) is 0 Å². The number of benzene rings is 1. The van der Waals surface area contributed by atoms with Gasteiger partial charge in [-0.2, -0.15) is 0 Å². The van der Waals surface area contributed by atoms with Crippen LogP contribution in [0.4, 0.5) is 0 Å². The van der Waals surface area contributed by atoms with Crippen LogP contribution in [0.15, 0.2) is 18.2 Å². The number of fused-ring (bicyclic) bond motifs is 3. The largest absolute Gasteiger partial charge is 0.497 e. The number of hydrogen-bond donors (Lipinski definition) is 1. The van der Waals surface area contributed by atoms with E-state index in [1.54, 1.807) is 12.7 Å². The highest BCUT2D eigenvalue weighted by atomic mass is 16.5. The van der Waals surface area contributed by atoms with Crippen molar-refractivity contribution in [2.45, 2.75) is 57.0 Å². The molecule has 0 heterocycles. The van der Waals surface area contributed by atoms with E-state index >= 15 is 0 Å². The van der Waals surface area contributed by atoms with Gasteiger partial charge in [0.25, 0.3) is 0 Å². The molecule has 1 spiro atoms. The average molecular weight is 310 g/mol. The van der Waals surface area contributed by atoms with Gasteiger partial charge in [0.15, 0.2) is 0 Å². The van der Waals surface area contributed by atoms with E-state index in [1.165, 1.54) is 31.2 Å². The van der Waals surface area contributed by atoms with Crippen LogP contribution in [0, 0.1) is 28.6 Å². The van der Waals surface area contributed by atoms with Gasteiger partial charge in [-0.1, -0.05) is 13.0 Å². The Morgan fingerprint density at radius 1 is 1.13 bits per heavy atom. The van der Waals surface area contributed by atoms with Gasteiger partial charge in [-0.05, 0) is 90.9 Å². The Morgan fingerprint density at radius 3 is 2.65 bits per heavy atom. The molecule has 7 atom stereocenters. The third-order valence-corrected chi connectivity index (χ3v) is 9.23. The maximum absolute atomic E-state index is 11.2. The smallest absolute Gasteiger partial charge is 0.119 e. The molecule has 6 aliphatic rings. The summed E-state index contributed by atoms with van der Waals surface area (Å²) in [5, 5.41) is 11.2. The minimum atomic E-state index is -0.326. The van der Waals surface area contributed by atoms with E-state index in [4.69, 9.17) is 4.74 Å². The Kier molecular flexibility index (Phi) is 2.10. The monoisotopic (exact) mass is 310 g/mol. The zero-order chi connectivity index (χ0) is 15.6. The van der Waals surface area contributed by atoms with Gasteiger partial charge >= 0.3 is 0 Å². The summed E-state index contributed by atoms with van der Waals surface area (Å²) in [6.07, 6.45) is 7.22. The van der Waals surface area contributed by atoms with Gasteiger partial charge in [-0.3, -0.25) is 0 Å². The molecule has 4 bridgehead atoms. The van der Waals surface area contributed by atoms with E-state index in [0.29, 0.717) is 5.41 Å². The molecule has 5 fully saturated rings. The minimum Gasteiger partial charge on any atom is -0.497 e. The Bertz CT molecular complexity index is 711. The van der Waals surface area contributed by atoms with E-state index in [-0.39, 0.29) is 11.0 Å². The first-order valence-electron chi connectivity index (χ1n) is 9.44. The topological polar surface area (TPSA) is 29.5 Å². The number of ether oxygens (including phenoxy) is 1. The average Bonchev–Trinajstić information content (AvgIpc) is 2.82. The van der Waals surface area contributed by atoms with Crippen molar-refractivity contribution in [1.82, 2.24) is 0 Å². The summed E-state index contributed by atoms with van der Waals surface area (Å²) in [6.45, 7) is 2.44. The van der Waals surface area contributed by atoms with Crippen molar-refractivity contribution in [3.63, 3.8) is 0 Å². The van der Waals surface area contributed by atoms with Crippen molar-refractivity contribution in [2.75, 3.05) is 7.11 Å². The molecule has 2 nitrogen and oxygen atoms in total. The molecule has 7 rings (SSSR count). The van der Waals surface area contributed by atoms with E-state index in [0.717, 1.165) is 42.3 Å². The van der Waals surface area contributed by atoms with Gasteiger partial charge in [0.1, 0.15) is 5.75 Å². The lowest BCUT2D eigenvalue weighted by Gasteiger charge is -2.53. The molecule has 0 aromatic heterocycles. The van der Waals surface area contributed by atoms with Gasteiger partial charge in [0.2, 0.25) is 0 Å². The van der Waals surface area contributed by atoms with Crippen LogP contribution in [-0.4, -0.2) is 17.8 Å². The number of aliphatic hydroxyl groups is 1. The van der Waals surface area contributed by atoms with Crippen LogP contribution in [0.1, 0.15) is 56.1 Å². The maximum atomic E-state index is 11.2. The molecule has 1 aromatic rings. The fourth-order valence-electron chi connectivity index (χ4n) is 8.47. The van der Waals surface area contributed by atoms with Crippen LogP contribution in [0.25, 0.3) is 0 Å². The summed E-state index contributed by atoms with van der Waals surface area (Å²) in [7, 11) is 1.76. The fraction of sp³-hybridized carbons (Fsp3) is 0.714.